The molecule has 0 bridgehead atoms. The molecule has 1 N–H and O–H groups in total. The summed E-state index contributed by atoms with van der Waals surface area (Å²) in [7, 11) is 0. The molecular formula is C15H19N2O2-. The third-order valence-corrected chi connectivity index (χ3v) is 3.72. The summed E-state index contributed by atoms with van der Waals surface area (Å²) in [5, 5.41) is 15.1. The van der Waals surface area contributed by atoms with E-state index in [1.165, 1.54) is 37.1 Å². The second-order valence-corrected chi connectivity index (χ2v) is 5.25. The predicted molar refractivity (Wildman–Crippen MR) is 74.0 cm³/mol. The number of hydrogen-bond donors (Lipinski definition) is 1. The lowest BCUT2D eigenvalue weighted by molar-refractivity contribution is -0.255. The van der Waals surface area contributed by atoms with Crippen LogP contribution in [0.2, 0.25) is 0 Å². The van der Waals surface area contributed by atoms with Gasteiger partial charge < -0.3 is 9.90 Å². The molecule has 1 aromatic carbocycles. The average molecular weight is 259 g/mol. The molecule has 0 saturated heterocycles. The lowest BCUT2D eigenvalue weighted by atomic mass is 9.81. The summed E-state index contributed by atoms with van der Waals surface area (Å²) >= 11 is 0. The van der Waals surface area contributed by atoms with E-state index in [0.29, 0.717) is 11.8 Å². The minimum absolute atomic E-state index is 0.178. The molecule has 0 unspecified atom stereocenters. The Kier molecular flexibility index (Phi) is 4.20. The van der Waals surface area contributed by atoms with Gasteiger partial charge in [0.25, 0.3) is 0 Å². The molecule has 102 valence electrons. The summed E-state index contributed by atoms with van der Waals surface area (Å²) in [4.78, 5) is 10.6. The Morgan fingerprint density at radius 2 is 1.79 bits per heavy atom. The van der Waals surface area contributed by atoms with Crippen molar-refractivity contribution in [2.75, 3.05) is 5.43 Å². The van der Waals surface area contributed by atoms with E-state index in [1.54, 1.807) is 12.1 Å². The number of benzene rings is 1. The molecule has 2 atom stereocenters. The molecule has 4 nitrogen and oxygen atoms in total. The molecule has 4 heteroatoms. The fourth-order valence-corrected chi connectivity index (χ4v) is 2.54. The molecule has 0 amide bonds. The van der Waals surface area contributed by atoms with Gasteiger partial charge in [0.2, 0.25) is 0 Å². The summed E-state index contributed by atoms with van der Waals surface area (Å²) in [6.45, 7) is 4.41. The van der Waals surface area contributed by atoms with Crippen LogP contribution >= 0.6 is 0 Å². The van der Waals surface area contributed by atoms with Crippen LogP contribution in [0.3, 0.4) is 0 Å². The number of rotatable bonds is 3. The molecular weight excluding hydrogens is 240 g/mol. The van der Waals surface area contributed by atoms with Crippen LogP contribution in [0.15, 0.2) is 29.4 Å². The average Bonchev–Trinajstić information content (AvgIpc) is 2.38. The van der Waals surface area contributed by atoms with Crippen molar-refractivity contribution >= 4 is 17.4 Å². The zero-order valence-electron chi connectivity index (χ0n) is 11.3. The largest absolute Gasteiger partial charge is 0.545 e. The molecule has 1 saturated carbocycles. The molecule has 2 rings (SSSR count). The quantitative estimate of drug-likeness (QED) is 0.847. The second kappa shape index (κ2) is 5.87. The Labute approximate surface area is 113 Å². The first kappa shape index (κ1) is 13.6. The summed E-state index contributed by atoms with van der Waals surface area (Å²) in [6, 6.07) is 6.44. The van der Waals surface area contributed by atoms with Crippen molar-refractivity contribution in [1.82, 2.24) is 0 Å². The van der Waals surface area contributed by atoms with E-state index < -0.39 is 5.97 Å². The number of aromatic carboxylic acids is 1. The third kappa shape index (κ3) is 3.34. The first-order valence-electron chi connectivity index (χ1n) is 6.73. The number of carboxylic acid groups (broad SMARTS) is 1. The molecule has 1 aromatic rings. The summed E-state index contributed by atoms with van der Waals surface area (Å²) in [5.41, 5.74) is 5.19. The van der Waals surface area contributed by atoms with Crippen molar-refractivity contribution in [2.45, 2.75) is 33.1 Å². The van der Waals surface area contributed by atoms with Crippen LogP contribution in [0.4, 0.5) is 5.69 Å². The van der Waals surface area contributed by atoms with E-state index in [2.05, 4.69) is 24.4 Å². The topological polar surface area (TPSA) is 64.5 Å². The van der Waals surface area contributed by atoms with Gasteiger partial charge in [0.15, 0.2) is 0 Å². The van der Waals surface area contributed by atoms with Crippen LogP contribution in [0, 0.1) is 11.8 Å². The molecule has 1 aliphatic rings. The van der Waals surface area contributed by atoms with Gasteiger partial charge >= 0.3 is 0 Å². The molecule has 0 radical (unpaired) electrons. The van der Waals surface area contributed by atoms with Gasteiger partial charge in [-0.3, -0.25) is 5.43 Å². The highest BCUT2D eigenvalue weighted by molar-refractivity contribution is 5.90. The Morgan fingerprint density at radius 3 is 2.32 bits per heavy atom. The maximum absolute atomic E-state index is 10.6. The zero-order chi connectivity index (χ0) is 13.8. The van der Waals surface area contributed by atoms with Crippen LogP contribution in [0.1, 0.15) is 43.5 Å². The maximum atomic E-state index is 10.6. The normalized spacial score (nSPS) is 22.9. The van der Waals surface area contributed by atoms with E-state index in [0.717, 1.165) is 5.69 Å². The molecule has 0 aromatic heterocycles. The van der Waals surface area contributed by atoms with Gasteiger partial charge in [-0.25, -0.2) is 0 Å². The number of carbonyl (C=O) groups excluding carboxylic acids is 1. The molecule has 0 spiro atoms. The number of nitrogens with zero attached hydrogens (tertiary/aromatic N) is 1. The van der Waals surface area contributed by atoms with E-state index in [-0.39, 0.29) is 5.56 Å². The van der Waals surface area contributed by atoms with Crippen molar-refractivity contribution in [3.63, 3.8) is 0 Å². The van der Waals surface area contributed by atoms with Gasteiger partial charge in [0, 0.05) is 5.71 Å². The summed E-state index contributed by atoms with van der Waals surface area (Å²) in [6.07, 6.45) is 3.64. The highest BCUT2D eigenvalue weighted by Gasteiger charge is 2.22. The Hall–Kier alpha value is -1.84. The predicted octanol–water partition coefficient (Wildman–Crippen LogP) is 2.27. The fraction of sp³-hybridized carbons (Fsp3) is 0.467. The molecule has 0 aliphatic heterocycles. The van der Waals surface area contributed by atoms with Gasteiger partial charge in [0.1, 0.15) is 0 Å². The van der Waals surface area contributed by atoms with Gasteiger partial charge in [-0.1, -0.05) is 32.4 Å². The van der Waals surface area contributed by atoms with E-state index >= 15 is 0 Å². The first-order chi connectivity index (χ1) is 9.08. The van der Waals surface area contributed by atoms with Gasteiger partial charge in [-0.2, -0.15) is 5.10 Å². The van der Waals surface area contributed by atoms with E-state index in [1.807, 2.05) is 0 Å². The van der Waals surface area contributed by atoms with Crippen LogP contribution in [0.5, 0.6) is 0 Å². The van der Waals surface area contributed by atoms with Crippen molar-refractivity contribution in [2.24, 2.45) is 16.9 Å². The minimum Gasteiger partial charge on any atom is -0.545 e. The van der Waals surface area contributed by atoms with Crippen molar-refractivity contribution in [3.8, 4) is 0 Å². The number of hydrogen-bond acceptors (Lipinski definition) is 4. The van der Waals surface area contributed by atoms with Crippen LogP contribution in [-0.4, -0.2) is 11.7 Å². The number of anilines is 1. The first-order valence-corrected chi connectivity index (χ1v) is 6.73. The molecule has 0 heterocycles. The fourth-order valence-electron chi connectivity index (χ4n) is 2.54. The number of hydrazone groups is 1. The zero-order valence-corrected chi connectivity index (χ0v) is 11.3. The lowest BCUT2D eigenvalue weighted by Gasteiger charge is -2.26. The SMILES string of the molecule is C[C@@H]1CCC[C@@H](C)C1=NNc1ccc(C(=O)[O-])cc1. The van der Waals surface area contributed by atoms with Crippen LogP contribution in [0.25, 0.3) is 0 Å². The summed E-state index contributed by atoms with van der Waals surface area (Å²) in [5.74, 6) is -0.134. The smallest absolute Gasteiger partial charge is 0.0715 e. The lowest BCUT2D eigenvalue weighted by Crippen LogP contribution is -2.25. The number of carboxylic acids is 1. The third-order valence-electron chi connectivity index (χ3n) is 3.72. The highest BCUT2D eigenvalue weighted by atomic mass is 16.4. The monoisotopic (exact) mass is 259 g/mol. The standard InChI is InChI=1S/C15H20N2O2/c1-10-4-3-5-11(2)14(10)17-16-13-8-6-12(7-9-13)15(18)19/h6-11,16H,3-5H2,1-2H3,(H,18,19)/p-1/t10-,11-/m1/s1. The Bertz CT molecular complexity index is 467. The minimum atomic E-state index is -1.16. The van der Waals surface area contributed by atoms with E-state index in [4.69, 9.17) is 0 Å². The van der Waals surface area contributed by atoms with E-state index in [9.17, 15) is 9.90 Å². The van der Waals surface area contributed by atoms with Gasteiger partial charge in [0.05, 0.1) is 11.7 Å². The summed E-state index contributed by atoms with van der Waals surface area (Å²) < 4.78 is 0. The molecule has 1 aliphatic carbocycles. The Balaban J connectivity index is 2.06. The highest BCUT2D eigenvalue weighted by Crippen LogP contribution is 2.26. The second-order valence-electron chi connectivity index (χ2n) is 5.25. The van der Waals surface area contributed by atoms with Gasteiger partial charge in [-0.05, 0) is 42.4 Å². The Morgan fingerprint density at radius 1 is 1.21 bits per heavy atom. The number of carbonyl (C=O) groups is 1. The maximum Gasteiger partial charge on any atom is 0.0715 e. The molecule has 19 heavy (non-hydrogen) atoms. The number of nitrogens with one attached hydrogen (secondary N) is 1. The van der Waals surface area contributed by atoms with Gasteiger partial charge in [-0.15, -0.1) is 0 Å². The van der Waals surface area contributed by atoms with Crippen molar-refractivity contribution in [1.29, 1.82) is 0 Å². The van der Waals surface area contributed by atoms with Crippen LogP contribution in [-0.2, 0) is 0 Å². The van der Waals surface area contributed by atoms with Crippen molar-refractivity contribution < 1.29 is 9.90 Å². The molecule has 1 fully saturated rings. The van der Waals surface area contributed by atoms with Crippen LogP contribution < -0.4 is 10.5 Å². The van der Waals surface area contributed by atoms with Crippen molar-refractivity contribution in [3.05, 3.63) is 29.8 Å².